The highest BCUT2D eigenvalue weighted by molar-refractivity contribution is 5.90. The van der Waals surface area contributed by atoms with Crippen molar-refractivity contribution >= 4 is 17.4 Å². The molecular weight excluding hydrogens is 328 g/mol. The summed E-state index contributed by atoms with van der Waals surface area (Å²) in [5.74, 6) is 0.307. The molecule has 0 unspecified atom stereocenters. The standard InChI is InChI=1S/C19H24N6O/c1-5-24(16-9-7-6-8-13(16)2)11-10-20-18(26)17-22-19-21-14(3)12-15(4)25(19)23-17/h6-9,12H,5,10-11H2,1-4H3,(H,20,26). The van der Waals surface area contributed by atoms with Gasteiger partial charge in [-0.1, -0.05) is 18.2 Å². The number of carbonyl (C=O) groups is 1. The molecule has 2 heterocycles. The van der Waals surface area contributed by atoms with Gasteiger partial charge in [0.1, 0.15) is 0 Å². The zero-order chi connectivity index (χ0) is 18.7. The normalized spacial score (nSPS) is 10.9. The summed E-state index contributed by atoms with van der Waals surface area (Å²) in [6.07, 6.45) is 0. The van der Waals surface area contributed by atoms with E-state index in [0.717, 1.165) is 24.5 Å². The molecular formula is C19H24N6O. The van der Waals surface area contributed by atoms with Crippen LogP contribution in [0, 0.1) is 20.8 Å². The molecule has 2 aromatic heterocycles. The Morgan fingerprint density at radius 1 is 1.19 bits per heavy atom. The van der Waals surface area contributed by atoms with Gasteiger partial charge in [-0.05, 0) is 45.4 Å². The van der Waals surface area contributed by atoms with E-state index in [1.165, 1.54) is 11.3 Å². The maximum atomic E-state index is 12.4. The van der Waals surface area contributed by atoms with Crippen molar-refractivity contribution in [3.05, 3.63) is 53.1 Å². The van der Waals surface area contributed by atoms with Crippen molar-refractivity contribution in [2.24, 2.45) is 0 Å². The quantitative estimate of drug-likeness (QED) is 0.737. The molecule has 1 aromatic carbocycles. The smallest absolute Gasteiger partial charge is 0.291 e. The summed E-state index contributed by atoms with van der Waals surface area (Å²) in [6.45, 7) is 10.1. The highest BCUT2D eigenvalue weighted by atomic mass is 16.2. The van der Waals surface area contributed by atoms with Crippen LogP contribution < -0.4 is 10.2 Å². The van der Waals surface area contributed by atoms with Gasteiger partial charge in [-0.2, -0.15) is 4.98 Å². The minimum Gasteiger partial charge on any atom is -0.370 e. The van der Waals surface area contributed by atoms with Gasteiger partial charge in [-0.3, -0.25) is 4.79 Å². The first kappa shape index (κ1) is 17.8. The second kappa shape index (κ2) is 7.51. The fourth-order valence-electron chi connectivity index (χ4n) is 3.01. The zero-order valence-electron chi connectivity index (χ0n) is 15.7. The predicted octanol–water partition coefficient (Wildman–Crippen LogP) is 2.31. The fourth-order valence-corrected chi connectivity index (χ4v) is 3.01. The molecule has 3 aromatic rings. The van der Waals surface area contributed by atoms with Crippen molar-refractivity contribution in [2.75, 3.05) is 24.5 Å². The average molecular weight is 352 g/mol. The van der Waals surface area contributed by atoms with Gasteiger partial charge in [0.15, 0.2) is 0 Å². The number of anilines is 1. The van der Waals surface area contributed by atoms with Gasteiger partial charge in [-0.15, -0.1) is 5.10 Å². The van der Waals surface area contributed by atoms with E-state index < -0.39 is 0 Å². The summed E-state index contributed by atoms with van der Waals surface area (Å²) in [6, 6.07) is 10.2. The Morgan fingerprint density at radius 2 is 1.96 bits per heavy atom. The summed E-state index contributed by atoms with van der Waals surface area (Å²) in [5, 5.41) is 7.16. The minimum atomic E-state index is -0.284. The molecule has 3 rings (SSSR count). The maximum Gasteiger partial charge on any atom is 0.291 e. The number of para-hydroxylation sites is 1. The molecule has 0 aliphatic carbocycles. The van der Waals surface area contributed by atoms with E-state index in [4.69, 9.17) is 0 Å². The Bertz CT molecular complexity index is 933. The van der Waals surface area contributed by atoms with Gasteiger partial charge in [0.2, 0.25) is 5.82 Å². The molecule has 26 heavy (non-hydrogen) atoms. The van der Waals surface area contributed by atoms with Crippen LogP contribution in [0.5, 0.6) is 0 Å². The summed E-state index contributed by atoms with van der Waals surface area (Å²) in [4.78, 5) is 23.2. The van der Waals surface area contributed by atoms with Gasteiger partial charge < -0.3 is 10.2 Å². The Hall–Kier alpha value is -2.96. The topological polar surface area (TPSA) is 75.4 Å². The molecule has 0 spiro atoms. The largest absolute Gasteiger partial charge is 0.370 e. The first-order valence-electron chi connectivity index (χ1n) is 8.79. The SMILES string of the molecule is CCN(CCNC(=O)c1nc2nc(C)cc(C)n2n1)c1ccccc1C. The number of rotatable bonds is 6. The lowest BCUT2D eigenvalue weighted by molar-refractivity contribution is 0.0944. The molecule has 0 saturated carbocycles. The van der Waals surface area contributed by atoms with Crippen LogP contribution in [-0.2, 0) is 0 Å². The van der Waals surface area contributed by atoms with Crippen LogP contribution >= 0.6 is 0 Å². The number of likely N-dealkylation sites (N-methyl/N-ethyl adjacent to an activating group) is 1. The summed E-state index contributed by atoms with van der Waals surface area (Å²) in [7, 11) is 0. The predicted molar refractivity (Wildman–Crippen MR) is 102 cm³/mol. The Balaban J connectivity index is 1.65. The number of benzene rings is 1. The third-order valence-corrected chi connectivity index (χ3v) is 4.33. The Morgan fingerprint density at radius 3 is 2.69 bits per heavy atom. The first-order valence-corrected chi connectivity index (χ1v) is 8.79. The molecule has 0 saturated heterocycles. The number of hydrogen-bond acceptors (Lipinski definition) is 5. The van der Waals surface area contributed by atoms with Crippen molar-refractivity contribution in [3.63, 3.8) is 0 Å². The van der Waals surface area contributed by atoms with Crippen molar-refractivity contribution in [3.8, 4) is 0 Å². The molecule has 0 atom stereocenters. The number of carbonyl (C=O) groups excluding carboxylic acids is 1. The fraction of sp³-hybridized carbons (Fsp3) is 0.368. The molecule has 0 bridgehead atoms. The van der Waals surface area contributed by atoms with Crippen molar-refractivity contribution in [1.82, 2.24) is 24.9 Å². The van der Waals surface area contributed by atoms with Gasteiger partial charge in [0.25, 0.3) is 11.7 Å². The molecule has 136 valence electrons. The van der Waals surface area contributed by atoms with Crippen LogP contribution in [0.25, 0.3) is 5.78 Å². The number of aromatic nitrogens is 4. The first-order chi connectivity index (χ1) is 12.5. The van der Waals surface area contributed by atoms with E-state index in [9.17, 15) is 4.79 Å². The van der Waals surface area contributed by atoms with E-state index in [-0.39, 0.29) is 11.7 Å². The van der Waals surface area contributed by atoms with Crippen LogP contribution in [0.3, 0.4) is 0 Å². The van der Waals surface area contributed by atoms with Crippen LogP contribution in [0.15, 0.2) is 30.3 Å². The van der Waals surface area contributed by atoms with E-state index in [1.54, 1.807) is 4.52 Å². The number of fused-ring (bicyclic) bond motifs is 1. The third-order valence-electron chi connectivity index (χ3n) is 4.33. The number of amides is 1. The van der Waals surface area contributed by atoms with E-state index in [1.807, 2.05) is 32.0 Å². The van der Waals surface area contributed by atoms with E-state index >= 15 is 0 Å². The highest BCUT2D eigenvalue weighted by Crippen LogP contribution is 2.18. The second-order valence-electron chi connectivity index (χ2n) is 6.31. The average Bonchev–Trinajstić information content (AvgIpc) is 3.04. The van der Waals surface area contributed by atoms with Gasteiger partial charge in [0.05, 0.1) is 0 Å². The molecule has 0 radical (unpaired) electrons. The van der Waals surface area contributed by atoms with Crippen LogP contribution in [0.2, 0.25) is 0 Å². The molecule has 0 fully saturated rings. The number of hydrogen-bond donors (Lipinski definition) is 1. The lowest BCUT2D eigenvalue weighted by Gasteiger charge is -2.24. The molecule has 0 aliphatic heterocycles. The number of aryl methyl sites for hydroxylation is 3. The molecule has 7 nitrogen and oxygen atoms in total. The lowest BCUT2D eigenvalue weighted by atomic mass is 10.2. The van der Waals surface area contributed by atoms with Gasteiger partial charge in [-0.25, -0.2) is 9.50 Å². The monoisotopic (exact) mass is 352 g/mol. The van der Waals surface area contributed by atoms with Crippen LogP contribution in [0.1, 0.15) is 34.5 Å². The maximum absolute atomic E-state index is 12.4. The molecule has 7 heteroatoms. The van der Waals surface area contributed by atoms with E-state index in [2.05, 4.69) is 51.3 Å². The van der Waals surface area contributed by atoms with Crippen LogP contribution in [0.4, 0.5) is 5.69 Å². The van der Waals surface area contributed by atoms with Crippen molar-refractivity contribution in [1.29, 1.82) is 0 Å². The summed E-state index contributed by atoms with van der Waals surface area (Å²) in [5.41, 5.74) is 4.16. The summed E-state index contributed by atoms with van der Waals surface area (Å²) >= 11 is 0. The minimum absolute atomic E-state index is 0.144. The van der Waals surface area contributed by atoms with Crippen molar-refractivity contribution < 1.29 is 4.79 Å². The number of nitrogens with zero attached hydrogens (tertiary/aromatic N) is 5. The Kier molecular flexibility index (Phi) is 5.16. The van der Waals surface area contributed by atoms with Crippen LogP contribution in [-0.4, -0.2) is 45.1 Å². The second-order valence-corrected chi connectivity index (χ2v) is 6.31. The third kappa shape index (κ3) is 3.66. The highest BCUT2D eigenvalue weighted by Gasteiger charge is 2.15. The number of nitrogens with one attached hydrogen (secondary N) is 1. The lowest BCUT2D eigenvalue weighted by Crippen LogP contribution is -2.35. The molecule has 1 N–H and O–H groups in total. The Labute approximate surface area is 153 Å². The molecule has 1 amide bonds. The molecule has 0 aliphatic rings. The van der Waals surface area contributed by atoms with Gasteiger partial charge in [0, 0.05) is 36.7 Å². The summed E-state index contributed by atoms with van der Waals surface area (Å²) < 4.78 is 1.59. The van der Waals surface area contributed by atoms with E-state index in [0.29, 0.717) is 12.3 Å². The van der Waals surface area contributed by atoms with Gasteiger partial charge >= 0.3 is 0 Å². The zero-order valence-corrected chi connectivity index (χ0v) is 15.7. The van der Waals surface area contributed by atoms with Crippen molar-refractivity contribution in [2.45, 2.75) is 27.7 Å².